The third-order valence-corrected chi connectivity index (χ3v) is 2.42. The van der Waals surface area contributed by atoms with Gasteiger partial charge >= 0.3 is 7.82 Å². The van der Waals surface area contributed by atoms with E-state index in [2.05, 4.69) is 13.6 Å². The molecule has 0 aliphatic carbocycles. The zero-order valence-corrected chi connectivity index (χ0v) is 9.80. The standard InChI is InChI=1S/C4H10O.C3H9O4P/c1-3-5-4-2;1-5-8(4,6-2)7-3/h3-4H2,1-2H3;1-3H3. The summed E-state index contributed by atoms with van der Waals surface area (Å²) in [6.45, 7) is 5.67. The van der Waals surface area contributed by atoms with Gasteiger partial charge in [-0.1, -0.05) is 0 Å². The van der Waals surface area contributed by atoms with E-state index in [-0.39, 0.29) is 0 Å². The van der Waals surface area contributed by atoms with Gasteiger partial charge in [0.05, 0.1) is 0 Å². The van der Waals surface area contributed by atoms with E-state index >= 15 is 0 Å². The average molecular weight is 214 g/mol. The lowest BCUT2D eigenvalue weighted by atomic mass is 10.8. The van der Waals surface area contributed by atoms with Gasteiger partial charge < -0.3 is 4.74 Å². The lowest BCUT2D eigenvalue weighted by Crippen LogP contribution is -1.88. The number of phosphoric acid groups is 1. The molecule has 0 aromatic heterocycles. The number of hydrogen-bond donors (Lipinski definition) is 0. The van der Waals surface area contributed by atoms with Crippen LogP contribution in [0.1, 0.15) is 13.8 Å². The zero-order valence-electron chi connectivity index (χ0n) is 8.90. The molecule has 0 unspecified atom stereocenters. The minimum absolute atomic E-state index is 0.844. The van der Waals surface area contributed by atoms with E-state index in [1.807, 2.05) is 13.8 Å². The maximum atomic E-state index is 10.7. The van der Waals surface area contributed by atoms with Crippen molar-refractivity contribution in [1.82, 2.24) is 0 Å². The molecule has 0 amide bonds. The first-order valence-electron chi connectivity index (χ1n) is 3.95. The summed E-state index contributed by atoms with van der Waals surface area (Å²) in [4.78, 5) is 0. The van der Waals surface area contributed by atoms with Crippen molar-refractivity contribution in [2.45, 2.75) is 13.8 Å². The van der Waals surface area contributed by atoms with Crippen LogP contribution in [-0.4, -0.2) is 34.5 Å². The molecule has 0 heterocycles. The Balaban J connectivity index is 0. The summed E-state index contributed by atoms with van der Waals surface area (Å²) in [6.07, 6.45) is 0. The molecule has 0 aromatic rings. The molecule has 0 aromatic carbocycles. The van der Waals surface area contributed by atoms with Gasteiger partial charge in [-0.2, -0.15) is 0 Å². The first-order valence-corrected chi connectivity index (χ1v) is 5.41. The molecule has 0 spiro atoms. The number of hydrogen-bond acceptors (Lipinski definition) is 5. The van der Waals surface area contributed by atoms with Crippen molar-refractivity contribution in [2.75, 3.05) is 34.5 Å². The highest BCUT2D eigenvalue weighted by molar-refractivity contribution is 7.48. The molecule has 0 rings (SSSR count). The topological polar surface area (TPSA) is 54.0 Å². The molecular weight excluding hydrogens is 195 g/mol. The second-order valence-corrected chi connectivity index (χ2v) is 3.77. The molecule has 0 aliphatic rings. The van der Waals surface area contributed by atoms with Crippen molar-refractivity contribution in [3.63, 3.8) is 0 Å². The summed E-state index contributed by atoms with van der Waals surface area (Å²) in [7, 11) is 0.611. The molecule has 0 saturated heterocycles. The van der Waals surface area contributed by atoms with E-state index in [9.17, 15) is 4.57 Å². The third kappa shape index (κ3) is 9.99. The van der Waals surface area contributed by atoms with E-state index in [1.165, 1.54) is 21.3 Å². The lowest BCUT2D eigenvalue weighted by Gasteiger charge is -2.08. The van der Waals surface area contributed by atoms with Gasteiger partial charge in [-0.05, 0) is 13.8 Å². The predicted molar refractivity (Wildman–Crippen MR) is 50.8 cm³/mol. The van der Waals surface area contributed by atoms with E-state index in [0.29, 0.717) is 0 Å². The highest BCUT2D eigenvalue weighted by Crippen LogP contribution is 2.46. The van der Waals surface area contributed by atoms with Crippen molar-refractivity contribution < 1.29 is 22.9 Å². The van der Waals surface area contributed by atoms with E-state index in [1.54, 1.807) is 0 Å². The lowest BCUT2D eigenvalue weighted by molar-refractivity contribution is 0.162. The van der Waals surface area contributed by atoms with Crippen molar-refractivity contribution in [2.24, 2.45) is 0 Å². The Labute approximate surface area is 79.9 Å². The second-order valence-electron chi connectivity index (χ2n) is 1.78. The molecule has 0 bridgehead atoms. The van der Waals surface area contributed by atoms with Gasteiger partial charge in [0.25, 0.3) is 0 Å². The number of ether oxygens (including phenoxy) is 1. The monoisotopic (exact) mass is 214 g/mol. The number of phosphoric ester groups is 1. The van der Waals surface area contributed by atoms with Gasteiger partial charge in [0, 0.05) is 34.5 Å². The summed E-state index contributed by atoms with van der Waals surface area (Å²) in [5.41, 5.74) is 0. The molecule has 13 heavy (non-hydrogen) atoms. The largest absolute Gasteiger partial charge is 0.473 e. The molecule has 0 atom stereocenters. The van der Waals surface area contributed by atoms with Crippen LogP contribution >= 0.6 is 7.82 Å². The summed E-state index contributed by atoms with van der Waals surface area (Å²) in [5.74, 6) is 0. The zero-order chi connectivity index (χ0) is 10.7. The number of rotatable bonds is 5. The fraction of sp³-hybridized carbons (Fsp3) is 1.00. The Kier molecular flexibility index (Phi) is 12.1. The molecular formula is C7H19O5P. The summed E-state index contributed by atoms with van der Waals surface area (Å²) in [5, 5.41) is 0. The van der Waals surface area contributed by atoms with Crippen LogP contribution in [0.4, 0.5) is 0 Å². The van der Waals surface area contributed by atoms with Crippen LogP contribution in [0.15, 0.2) is 0 Å². The Morgan fingerprint density at radius 3 is 1.23 bits per heavy atom. The van der Waals surface area contributed by atoms with Crippen molar-refractivity contribution in [1.29, 1.82) is 0 Å². The maximum absolute atomic E-state index is 10.7. The maximum Gasteiger partial charge on any atom is 0.473 e. The van der Waals surface area contributed by atoms with Crippen LogP contribution in [0.5, 0.6) is 0 Å². The van der Waals surface area contributed by atoms with Crippen LogP contribution in [-0.2, 0) is 22.9 Å². The van der Waals surface area contributed by atoms with Gasteiger partial charge in [-0.15, -0.1) is 0 Å². The second kappa shape index (κ2) is 10.2. The molecule has 6 heteroatoms. The average Bonchev–Trinajstić information content (AvgIpc) is 2.19. The van der Waals surface area contributed by atoms with Crippen LogP contribution in [0, 0.1) is 0 Å². The molecule has 0 saturated carbocycles. The fourth-order valence-corrected chi connectivity index (χ4v) is 0.875. The Morgan fingerprint density at radius 2 is 1.23 bits per heavy atom. The van der Waals surface area contributed by atoms with Crippen LogP contribution in [0.25, 0.3) is 0 Å². The van der Waals surface area contributed by atoms with Gasteiger partial charge in [-0.3, -0.25) is 13.6 Å². The third-order valence-electron chi connectivity index (χ3n) is 1.08. The molecule has 0 fully saturated rings. The summed E-state index contributed by atoms with van der Waals surface area (Å²) >= 11 is 0. The van der Waals surface area contributed by atoms with E-state index in [0.717, 1.165) is 13.2 Å². The van der Waals surface area contributed by atoms with E-state index < -0.39 is 7.82 Å². The molecule has 5 nitrogen and oxygen atoms in total. The normalized spacial score (nSPS) is 10.5. The molecule has 0 aliphatic heterocycles. The molecule has 82 valence electrons. The Bertz CT molecular complexity index is 118. The molecule has 0 N–H and O–H groups in total. The highest BCUT2D eigenvalue weighted by atomic mass is 31.2. The smallest absolute Gasteiger partial charge is 0.382 e. The minimum atomic E-state index is -3.16. The molecule has 0 radical (unpaired) electrons. The van der Waals surface area contributed by atoms with Gasteiger partial charge in [-0.25, -0.2) is 4.57 Å². The van der Waals surface area contributed by atoms with Gasteiger partial charge in [0.15, 0.2) is 0 Å². The summed E-state index contributed by atoms with van der Waals surface area (Å²) in [6, 6.07) is 0. The first-order chi connectivity index (χ1) is 6.10. The van der Waals surface area contributed by atoms with E-state index in [4.69, 9.17) is 4.74 Å². The Morgan fingerprint density at radius 1 is 0.923 bits per heavy atom. The SMILES string of the molecule is CCOCC.COP(=O)(OC)OC. The predicted octanol–water partition coefficient (Wildman–Crippen LogP) is 2.08. The quantitative estimate of drug-likeness (QED) is 0.656. The minimum Gasteiger partial charge on any atom is -0.382 e. The van der Waals surface area contributed by atoms with Crippen LogP contribution in [0.3, 0.4) is 0 Å². The van der Waals surface area contributed by atoms with Crippen molar-refractivity contribution >= 4 is 7.82 Å². The first kappa shape index (κ1) is 15.5. The highest BCUT2D eigenvalue weighted by Gasteiger charge is 2.18. The fourth-order valence-electron chi connectivity index (χ4n) is 0.428. The Hall–Kier alpha value is 0.0700. The van der Waals surface area contributed by atoms with Crippen molar-refractivity contribution in [3.05, 3.63) is 0 Å². The van der Waals surface area contributed by atoms with Gasteiger partial charge in [0.2, 0.25) is 0 Å². The van der Waals surface area contributed by atoms with Crippen LogP contribution in [0.2, 0.25) is 0 Å². The van der Waals surface area contributed by atoms with Crippen molar-refractivity contribution in [3.8, 4) is 0 Å². The van der Waals surface area contributed by atoms with Crippen LogP contribution < -0.4 is 0 Å². The summed E-state index contributed by atoms with van der Waals surface area (Å²) < 4.78 is 28.5. The van der Waals surface area contributed by atoms with Gasteiger partial charge in [0.1, 0.15) is 0 Å².